The van der Waals surface area contributed by atoms with Gasteiger partial charge in [-0.3, -0.25) is 14.4 Å². The molecule has 0 heterocycles. The number of carbonyl (C=O) groups is 3. The number of esters is 1. The predicted octanol–water partition coefficient (Wildman–Crippen LogP) is 3.11. The van der Waals surface area contributed by atoms with Gasteiger partial charge in [0, 0.05) is 10.6 Å². The molecule has 28 heavy (non-hydrogen) atoms. The van der Waals surface area contributed by atoms with E-state index in [9.17, 15) is 14.4 Å². The molecule has 2 aromatic carbocycles. The molecule has 2 aromatic rings. The first kappa shape index (κ1) is 21.4. The molecule has 2 rings (SSSR count). The van der Waals surface area contributed by atoms with Crippen LogP contribution in [0, 0.1) is 13.8 Å². The molecule has 0 spiro atoms. The lowest BCUT2D eigenvalue weighted by Crippen LogP contribution is -2.34. The Morgan fingerprint density at radius 1 is 1.07 bits per heavy atom. The molecule has 0 aromatic heterocycles. The maximum absolute atomic E-state index is 12.1. The van der Waals surface area contributed by atoms with Crippen molar-refractivity contribution in [3.05, 3.63) is 69.7 Å². The standard InChI is InChI=1S/C21H23ClN2O4/c1-13-7-8-17(9-14(13)2)21(27)23-11-20(26)28-12-19(25)24-15(3)16-5-4-6-18(22)10-16/h4-10,15H,11-12H2,1-3H3,(H,23,27)(H,24,25)/t15-/m0/s1. The van der Waals surface area contributed by atoms with E-state index in [2.05, 4.69) is 10.6 Å². The zero-order valence-electron chi connectivity index (χ0n) is 16.0. The highest BCUT2D eigenvalue weighted by atomic mass is 35.5. The van der Waals surface area contributed by atoms with Crippen LogP contribution in [0.4, 0.5) is 0 Å². The van der Waals surface area contributed by atoms with Crippen molar-refractivity contribution in [2.24, 2.45) is 0 Å². The molecule has 7 heteroatoms. The second-order valence-corrected chi connectivity index (χ2v) is 6.92. The van der Waals surface area contributed by atoms with Crippen molar-refractivity contribution in [3.8, 4) is 0 Å². The molecule has 0 saturated heterocycles. The summed E-state index contributed by atoms with van der Waals surface area (Å²) in [6.45, 7) is 4.91. The Morgan fingerprint density at radius 3 is 2.50 bits per heavy atom. The Balaban J connectivity index is 1.74. The number of amides is 2. The summed E-state index contributed by atoms with van der Waals surface area (Å²) < 4.78 is 4.90. The molecule has 0 aliphatic heterocycles. The van der Waals surface area contributed by atoms with Crippen LogP contribution in [0.1, 0.15) is 40.0 Å². The second-order valence-electron chi connectivity index (χ2n) is 6.49. The van der Waals surface area contributed by atoms with Gasteiger partial charge >= 0.3 is 5.97 Å². The van der Waals surface area contributed by atoms with E-state index in [0.29, 0.717) is 10.6 Å². The normalized spacial score (nSPS) is 11.4. The molecule has 0 fully saturated rings. The summed E-state index contributed by atoms with van der Waals surface area (Å²) >= 11 is 5.93. The lowest BCUT2D eigenvalue weighted by molar-refractivity contribution is -0.147. The molecule has 2 N–H and O–H groups in total. The maximum atomic E-state index is 12.1. The van der Waals surface area contributed by atoms with Crippen LogP contribution in [0.2, 0.25) is 5.02 Å². The van der Waals surface area contributed by atoms with E-state index in [0.717, 1.165) is 16.7 Å². The van der Waals surface area contributed by atoms with Crippen LogP contribution in [-0.2, 0) is 14.3 Å². The lowest BCUT2D eigenvalue weighted by atomic mass is 10.1. The largest absolute Gasteiger partial charge is 0.454 e. The number of benzene rings is 2. The smallest absolute Gasteiger partial charge is 0.325 e. The topological polar surface area (TPSA) is 84.5 Å². The molecule has 1 atom stereocenters. The van der Waals surface area contributed by atoms with E-state index in [1.807, 2.05) is 26.0 Å². The average Bonchev–Trinajstić information content (AvgIpc) is 2.66. The predicted molar refractivity (Wildman–Crippen MR) is 107 cm³/mol. The third-order valence-corrected chi connectivity index (χ3v) is 4.49. The van der Waals surface area contributed by atoms with Gasteiger partial charge in [0.05, 0.1) is 6.04 Å². The van der Waals surface area contributed by atoms with Gasteiger partial charge in [-0.2, -0.15) is 0 Å². The zero-order valence-corrected chi connectivity index (χ0v) is 16.8. The van der Waals surface area contributed by atoms with Gasteiger partial charge in [-0.05, 0) is 61.7 Å². The van der Waals surface area contributed by atoms with Crippen LogP contribution >= 0.6 is 11.6 Å². The summed E-state index contributed by atoms with van der Waals surface area (Å²) in [5.41, 5.74) is 3.37. The molecular weight excluding hydrogens is 380 g/mol. The Kier molecular flexibility index (Phi) is 7.58. The van der Waals surface area contributed by atoms with Gasteiger partial charge in [-0.15, -0.1) is 0 Å². The van der Waals surface area contributed by atoms with E-state index in [4.69, 9.17) is 16.3 Å². The first-order chi connectivity index (χ1) is 13.3. The summed E-state index contributed by atoms with van der Waals surface area (Å²) in [7, 11) is 0. The minimum atomic E-state index is -0.692. The van der Waals surface area contributed by atoms with Crippen LogP contribution in [0.15, 0.2) is 42.5 Å². The monoisotopic (exact) mass is 402 g/mol. The Hall–Kier alpha value is -2.86. The molecule has 0 saturated carbocycles. The molecule has 0 radical (unpaired) electrons. The first-order valence-electron chi connectivity index (χ1n) is 8.82. The van der Waals surface area contributed by atoms with Crippen LogP contribution in [0.3, 0.4) is 0 Å². The van der Waals surface area contributed by atoms with Crippen LogP contribution in [0.5, 0.6) is 0 Å². The number of ether oxygens (including phenoxy) is 1. The van der Waals surface area contributed by atoms with Crippen LogP contribution < -0.4 is 10.6 Å². The number of nitrogens with one attached hydrogen (secondary N) is 2. The Morgan fingerprint density at radius 2 is 1.82 bits per heavy atom. The molecule has 0 unspecified atom stereocenters. The number of halogens is 1. The van der Waals surface area contributed by atoms with E-state index >= 15 is 0 Å². The van der Waals surface area contributed by atoms with Crippen LogP contribution in [-0.4, -0.2) is 30.9 Å². The van der Waals surface area contributed by atoms with E-state index in [-0.39, 0.29) is 18.5 Å². The molecule has 148 valence electrons. The molecular formula is C21H23ClN2O4. The minimum absolute atomic E-state index is 0.283. The number of aryl methyl sites for hydroxylation is 2. The van der Waals surface area contributed by atoms with Crippen molar-refractivity contribution in [1.82, 2.24) is 10.6 Å². The Labute approximate surface area is 169 Å². The van der Waals surface area contributed by atoms with Gasteiger partial charge in [0.15, 0.2) is 6.61 Å². The Bertz CT molecular complexity index is 882. The zero-order chi connectivity index (χ0) is 20.7. The second kappa shape index (κ2) is 9.90. The van der Waals surface area contributed by atoms with Crippen molar-refractivity contribution >= 4 is 29.4 Å². The van der Waals surface area contributed by atoms with Gasteiger partial charge in [-0.25, -0.2) is 0 Å². The number of hydrogen-bond donors (Lipinski definition) is 2. The van der Waals surface area contributed by atoms with Crippen LogP contribution in [0.25, 0.3) is 0 Å². The van der Waals surface area contributed by atoms with Gasteiger partial charge in [0.2, 0.25) is 0 Å². The molecule has 6 nitrogen and oxygen atoms in total. The minimum Gasteiger partial charge on any atom is -0.454 e. The van der Waals surface area contributed by atoms with Crippen molar-refractivity contribution in [3.63, 3.8) is 0 Å². The van der Waals surface area contributed by atoms with Gasteiger partial charge in [0.1, 0.15) is 6.54 Å². The van der Waals surface area contributed by atoms with E-state index < -0.39 is 18.5 Å². The van der Waals surface area contributed by atoms with Gasteiger partial charge < -0.3 is 15.4 Å². The van der Waals surface area contributed by atoms with Crippen molar-refractivity contribution < 1.29 is 19.1 Å². The first-order valence-corrected chi connectivity index (χ1v) is 9.20. The highest BCUT2D eigenvalue weighted by molar-refractivity contribution is 6.30. The molecule has 0 bridgehead atoms. The van der Waals surface area contributed by atoms with Crippen molar-refractivity contribution in [2.45, 2.75) is 26.8 Å². The lowest BCUT2D eigenvalue weighted by Gasteiger charge is -2.14. The fourth-order valence-corrected chi connectivity index (χ4v) is 2.68. The third-order valence-electron chi connectivity index (χ3n) is 4.25. The summed E-state index contributed by atoms with van der Waals surface area (Å²) in [5.74, 6) is -1.51. The third kappa shape index (κ3) is 6.39. The summed E-state index contributed by atoms with van der Waals surface area (Å²) in [6.07, 6.45) is 0. The molecule has 2 amide bonds. The highest BCUT2D eigenvalue weighted by Crippen LogP contribution is 2.17. The van der Waals surface area contributed by atoms with Gasteiger partial charge in [-0.1, -0.05) is 29.8 Å². The van der Waals surface area contributed by atoms with E-state index in [1.54, 1.807) is 37.3 Å². The fourth-order valence-electron chi connectivity index (χ4n) is 2.48. The summed E-state index contributed by atoms with van der Waals surface area (Å²) in [6, 6.07) is 12.1. The number of hydrogen-bond acceptors (Lipinski definition) is 4. The van der Waals surface area contributed by atoms with Crippen molar-refractivity contribution in [2.75, 3.05) is 13.2 Å². The SMILES string of the molecule is Cc1ccc(C(=O)NCC(=O)OCC(=O)N[C@@H](C)c2cccc(Cl)c2)cc1C. The molecule has 0 aliphatic rings. The number of rotatable bonds is 7. The summed E-state index contributed by atoms with van der Waals surface area (Å²) in [5, 5.41) is 5.77. The maximum Gasteiger partial charge on any atom is 0.325 e. The molecule has 0 aliphatic carbocycles. The van der Waals surface area contributed by atoms with E-state index in [1.165, 1.54) is 0 Å². The van der Waals surface area contributed by atoms with Crippen molar-refractivity contribution in [1.29, 1.82) is 0 Å². The highest BCUT2D eigenvalue weighted by Gasteiger charge is 2.13. The average molecular weight is 403 g/mol. The quantitative estimate of drug-likeness (QED) is 0.697. The number of carbonyl (C=O) groups excluding carboxylic acids is 3. The fraction of sp³-hybridized carbons (Fsp3) is 0.286. The summed E-state index contributed by atoms with van der Waals surface area (Å²) in [4.78, 5) is 35.8. The van der Waals surface area contributed by atoms with Gasteiger partial charge in [0.25, 0.3) is 11.8 Å².